The Labute approximate surface area is 372 Å². The highest BCUT2D eigenvalue weighted by atomic mass is 14.5. The predicted octanol–water partition coefficient (Wildman–Crippen LogP) is 16.9. The molecular weight excluding hydrogens is 769 g/mol. The minimum atomic E-state index is 0.262. The van der Waals surface area contributed by atoms with Crippen molar-refractivity contribution in [3.63, 3.8) is 0 Å². The first kappa shape index (κ1) is 34.7. The average molecular weight is 809 g/mol. The summed E-state index contributed by atoms with van der Waals surface area (Å²) in [6.45, 7) is 0. The van der Waals surface area contributed by atoms with Gasteiger partial charge in [0.05, 0.1) is 0 Å². The molecule has 296 valence electrons. The van der Waals surface area contributed by atoms with Crippen LogP contribution in [-0.2, 0) is 0 Å². The maximum absolute atomic E-state index is 2.63. The fourth-order valence-electron chi connectivity index (χ4n) is 13.3. The highest BCUT2D eigenvalue weighted by molar-refractivity contribution is 6.29. The van der Waals surface area contributed by atoms with Gasteiger partial charge >= 0.3 is 0 Å². The summed E-state index contributed by atoms with van der Waals surface area (Å²) >= 11 is 0. The molecule has 5 aliphatic carbocycles. The Morgan fingerprint density at radius 3 is 1.19 bits per heavy atom. The number of hydrogen-bond acceptors (Lipinski definition) is 0. The van der Waals surface area contributed by atoms with Crippen LogP contribution >= 0.6 is 0 Å². The Bertz CT molecular complexity index is 3660. The lowest BCUT2D eigenvalue weighted by molar-refractivity contribution is 0.416. The highest BCUT2D eigenvalue weighted by Crippen LogP contribution is 2.68. The minimum absolute atomic E-state index is 0.262. The smallest absolute Gasteiger partial charge is 0.0106 e. The highest BCUT2D eigenvalue weighted by Gasteiger charge is 2.52. The largest absolute Gasteiger partial charge is 0.0797 e. The van der Waals surface area contributed by atoms with Crippen LogP contribution < -0.4 is 0 Å². The molecule has 0 fully saturated rings. The van der Waals surface area contributed by atoms with E-state index in [2.05, 4.69) is 218 Å². The van der Waals surface area contributed by atoms with E-state index in [1.54, 1.807) is 0 Å². The maximum Gasteiger partial charge on any atom is 0.0106 e. The summed E-state index contributed by atoms with van der Waals surface area (Å²) in [6.07, 6.45) is 10.3. The molecule has 4 unspecified atom stereocenters. The lowest BCUT2D eigenvalue weighted by Gasteiger charge is -2.44. The van der Waals surface area contributed by atoms with E-state index in [-0.39, 0.29) is 11.8 Å². The molecule has 0 bridgehead atoms. The van der Waals surface area contributed by atoms with Crippen molar-refractivity contribution in [2.45, 2.75) is 11.8 Å². The number of rotatable bonds is 4. The zero-order valence-electron chi connectivity index (χ0n) is 35.1. The summed E-state index contributed by atoms with van der Waals surface area (Å²) in [6, 6.07) is 72.9. The third-order valence-corrected chi connectivity index (χ3v) is 15.6. The third kappa shape index (κ3) is 4.42. The zero-order valence-corrected chi connectivity index (χ0v) is 35.1. The van der Waals surface area contributed by atoms with Crippen molar-refractivity contribution >= 4 is 43.5 Å². The second kappa shape index (κ2) is 12.9. The minimum Gasteiger partial charge on any atom is -0.0797 e. The predicted molar refractivity (Wildman–Crippen MR) is 269 cm³/mol. The molecule has 4 atom stereocenters. The van der Waals surface area contributed by atoms with Crippen LogP contribution in [0.15, 0.2) is 218 Å². The molecule has 0 radical (unpaired) electrons. The van der Waals surface area contributed by atoms with Crippen molar-refractivity contribution in [2.24, 2.45) is 11.8 Å². The Hall–Kier alpha value is -7.80. The summed E-state index contributed by atoms with van der Waals surface area (Å²) in [5, 5.41) is 8.13. The molecule has 0 N–H and O–H groups in total. The molecule has 10 aromatic rings. The van der Waals surface area contributed by atoms with E-state index >= 15 is 0 Å². The van der Waals surface area contributed by atoms with Crippen molar-refractivity contribution in [2.75, 3.05) is 0 Å². The first-order valence-corrected chi connectivity index (χ1v) is 22.9. The standard InChI is InChI=1S/C64H40/c1-5-17-37(18-6-1)53-41-25-13-14-26-42(41)54(38-19-7-2-8-20-38)62-50-34-30-46-48-32-36-52-60-51(35-31-47(58(48)60)45-29-33-49(61(53)62)59(50)57(45)46)63-55(39-21-9-3-10-22-39)43-27-15-16-28-44(43)56(64(52)63)40-23-11-4-12-24-40/h1-36,45,49,57,59H. The van der Waals surface area contributed by atoms with E-state index in [0.29, 0.717) is 11.8 Å². The van der Waals surface area contributed by atoms with Crippen LogP contribution in [0.25, 0.3) is 110 Å². The van der Waals surface area contributed by atoms with Crippen LogP contribution in [0, 0.1) is 11.8 Å². The summed E-state index contributed by atoms with van der Waals surface area (Å²) < 4.78 is 0. The van der Waals surface area contributed by atoms with Gasteiger partial charge in [-0.05, 0) is 132 Å². The van der Waals surface area contributed by atoms with Crippen LogP contribution in [0.4, 0.5) is 0 Å². The lowest BCUT2D eigenvalue weighted by atomic mass is 9.58. The van der Waals surface area contributed by atoms with E-state index in [1.165, 1.54) is 132 Å². The Morgan fingerprint density at radius 1 is 0.266 bits per heavy atom. The molecule has 0 aromatic heterocycles. The van der Waals surface area contributed by atoms with Gasteiger partial charge in [-0.25, -0.2) is 0 Å². The molecule has 64 heavy (non-hydrogen) atoms. The fourth-order valence-corrected chi connectivity index (χ4v) is 13.3. The van der Waals surface area contributed by atoms with Crippen LogP contribution in [0.5, 0.6) is 0 Å². The number of allylic oxidation sites excluding steroid dienone is 6. The molecule has 15 rings (SSSR count). The lowest BCUT2D eigenvalue weighted by Crippen LogP contribution is -2.32. The molecule has 0 aliphatic heterocycles. The molecular formula is C64H40. The normalized spacial score (nSPS) is 19.1. The van der Waals surface area contributed by atoms with Crippen molar-refractivity contribution in [3.8, 4) is 66.8 Å². The van der Waals surface area contributed by atoms with Crippen LogP contribution in [0.1, 0.15) is 34.1 Å². The average Bonchev–Trinajstić information content (AvgIpc) is 3.88. The Balaban J connectivity index is 1.02. The molecule has 0 nitrogen and oxygen atoms in total. The van der Waals surface area contributed by atoms with Gasteiger partial charge < -0.3 is 0 Å². The first-order valence-electron chi connectivity index (χ1n) is 22.9. The molecule has 0 heteroatoms. The number of benzene rings is 10. The van der Waals surface area contributed by atoms with Crippen molar-refractivity contribution in [3.05, 3.63) is 241 Å². The van der Waals surface area contributed by atoms with Gasteiger partial charge in [-0.3, -0.25) is 0 Å². The van der Waals surface area contributed by atoms with Crippen LogP contribution in [-0.4, -0.2) is 0 Å². The van der Waals surface area contributed by atoms with Crippen LogP contribution in [0.2, 0.25) is 0 Å². The molecule has 0 saturated carbocycles. The van der Waals surface area contributed by atoms with Gasteiger partial charge in [0.1, 0.15) is 0 Å². The second-order valence-corrected chi connectivity index (χ2v) is 18.4. The Kier molecular flexibility index (Phi) is 6.99. The van der Waals surface area contributed by atoms with Gasteiger partial charge in [0.2, 0.25) is 0 Å². The van der Waals surface area contributed by atoms with Gasteiger partial charge in [0, 0.05) is 23.7 Å². The molecule has 0 amide bonds. The monoisotopic (exact) mass is 808 g/mol. The third-order valence-electron chi connectivity index (χ3n) is 15.6. The van der Waals surface area contributed by atoms with Crippen molar-refractivity contribution in [1.29, 1.82) is 0 Å². The zero-order chi connectivity index (χ0) is 41.6. The maximum atomic E-state index is 2.63. The van der Waals surface area contributed by atoms with Gasteiger partial charge in [-0.15, -0.1) is 0 Å². The van der Waals surface area contributed by atoms with Crippen molar-refractivity contribution < 1.29 is 0 Å². The van der Waals surface area contributed by atoms with Gasteiger partial charge in [0.25, 0.3) is 0 Å². The first-order chi connectivity index (χ1) is 31.8. The summed E-state index contributed by atoms with van der Waals surface area (Å²) in [5.74, 6) is 1.19. The Morgan fingerprint density at radius 2 is 0.656 bits per heavy atom. The van der Waals surface area contributed by atoms with Crippen molar-refractivity contribution in [1.82, 2.24) is 0 Å². The van der Waals surface area contributed by atoms with Crippen LogP contribution in [0.3, 0.4) is 0 Å². The van der Waals surface area contributed by atoms with E-state index in [1.807, 2.05) is 0 Å². The topological polar surface area (TPSA) is 0 Å². The molecule has 0 heterocycles. The van der Waals surface area contributed by atoms with E-state index in [0.717, 1.165) is 0 Å². The quantitative estimate of drug-likeness (QED) is 0.155. The van der Waals surface area contributed by atoms with Gasteiger partial charge in [-0.2, -0.15) is 0 Å². The molecule has 0 saturated heterocycles. The summed E-state index contributed by atoms with van der Waals surface area (Å²) in [4.78, 5) is 0. The van der Waals surface area contributed by atoms with Gasteiger partial charge in [-0.1, -0.05) is 218 Å². The van der Waals surface area contributed by atoms with E-state index < -0.39 is 0 Å². The van der Waals surface area contributed by atoms with E-state index in [4.69, 9.17) is 0 Å². The number of hydrogen-bond donors (Lipinski definition) is 0. The summed E-state index contributed by atoms with van der Waals surface area (Å²) in [7, 11) is 0. The van der Waals surface area contributed by atoms with E-state index in [9.17, 15) is 0 Å². The second-order valence-electron chi connectivity index (χ2n) is 18.4. The SMILES string of the molecule is C1=CC2c3ccc4c5c(ccc(c35)C3=CC=C5c6c(c(-c7ccccc7)c7ccccc7c6-c6ccccc6)C1C5C32)-c1c-4c(-c2ccccc2)c2ccccc2c1-c1ccccc1. The summed E-state index contributed by atoms with van der Waals surface area (Å²) in [5.41, 5.74) is 24.8. The molecule has 10 aromatic carbocycles. The molecule has 5 aliphatic rings. The molecule has 0 spiro atoms. The van der Waals surface area contributed by atoms with Gasteiger partial charge in [0.15, 0.2) is 0 Å². The number of fused-ring (bicyclic) bond motifs is 10. The fraction of sp³-hybridized carbons (Fsp3) is 0.0625.